The van der Waals surface area contributed by atoms with E-state index < -0.39 is 15.1 Å². The van der Waals surface area contributed by atoms with Crippen molar-refractivity contribution < 1.29 is 15.7 Å². The van der Waals surface area contributed by atoms with Crippen molar-refractivity contribution >= 4 is 9.84 Å². The van der Waals surface area contributed by atoms with Crippen molar-refractivity contribution in [3.05, 3.63) is 66.0 Å². The Labute approximate surface area is 201 Å². The smallest absolute Gasteiger partial charge is 0.268 e. The third kappa shape index (κ3) is 4.12. The molecule has 34 heavy (non-hydrogen) atoms. The molecule has 0 saturated carbocycles. The maximum absolute atomic E-state index is 12.4. The molecule has 0 aliphatic carbocycles. The van der Waals surface area contributed by atoms with Crippen LogP contribution in [-0.2, 0) is 9.84 Å². The third-order valence-electron chi connectivity index (χ3n) is 6.09. The van der Waals surface area contributed by atoms with Gasteiger partial charge in [0.2, 0.25) is 5.89 Å². The minimum Gasteiger partial charge on any atom is -0.415 e. The number of hydrogen-bond acceptors (Lipinski definition) is 8. The summed E-state index contributed by atoms with van der Waals surface area (Å²) in [5, 5.41) is 11.2. The van der Waals surface area contributed by atoms with Crippen LogP contribution >= 0.6 is 0 Å². The van der Waals surface area contributed by atoms with Gasteiger partial charge < -0.3 is 9.73 Å². The molecule has 0 bridgehead atoms. The van der Waals surface area contributed by atoms with Gasteiger partial charge in [-0.1, -0.05) is 24.3 Å². The van der Waals surface area contributed by atoms with E-state index in [-0.39, 0.29) is 13.6 Å². The molecule has 1 saturated heterocycles. The second-order valence-corrected chi connectivity index (χ2v) is 11.2. The molecule has 0 unspecified atom stereocenters. The molecule has 0 atom stereocenters. The van der Waals surface area contributed by atoms with Crippen molar-refractivity contribution in [3.8, 4) is 34.3 Å². The molecule has 3 heterocycles. The molecule has 2 aromatic carbocycles. The number of nitrogens with zero attached hydrogens (tertiary/aromatic N) is 4. The van der Waals surface area contributed by atoms with E-state index in [1.807, 2.05) is 19.1 Å². The van der Waals surface area contributed by atoms with Gasteiger partial charge in [-0.15, -0.1) is 10.2 Å². The fourth-order valence-electron chi connectivity index (χ4n) is 3.74. The lowest BCUT2D eigenvalue weighted by atomic mass is 9.93. The fourth-order valence-corrected chi connectivity index (χ4v) is 4.80. The van der Waals surface area contributed by atoms with Crippen LogP contribution in [0, 0.1) is 6.92 Å². The lowest BCUT2D eigenvalue weighted by Crippen LogP contribution is -2.39. The minimum absolute atomic E-state index is 0. The normalized spacial score (nSPS) is 14.4. The fraction of sp³-hybridized carbons (Fsp3) is 0.280. The number of sulfone groups is 1. The number of benzene rings is 2. The van der Waals surface area contributed by atoms with Crippen LogP contribution in [-0.4, -0.2) is 46.9 Å². The molecule has 1 aliphatic heterocycles. The lowest BCUT2D eigenvalue weighted by molar-refractivity contribution is 0.448. The highest BCUT2D eigenvalue weighted by molar-refractivity contribution is 7.92. The Morgan fingerprint density at radius 1 is 0.971 bits per heavy atom. The van der Waals surface area contributed by atoms with Gasteiger partial charge >= 0.3 is 0 Å². The summed E-state index contributed by atoms with van der Waals surface area (Å²) >= 11 is 0. The van der Waals surface area contributed by atoms with Crippen molar-refractivity contribution in [1.29, 1.82) is 0 Å². The van der Waals surface area contributed by atoms with Gasteiger partial charge in [-0.2, -0.15) is 0 Å². The van der Waals surface area contributed by atoms with Gasteiger partial charge in [0.15, 0.2) is 9.84 Å². The van der Waals surface area contributed by atoms with E-state index in [9.17, 15) is 8.42 Å². The summed E-state index contributed by atoms with van der Waals surface area (Å²) in [4.78, 5) is 9.42. The van der Waals surface area contributed by atoms with E-state index >= 15 is 0 Å². The highest BCUT2D eigenvalue weighted by Crippen LogP contribution is 2.29. The lowest BCUT2D eigenvalue weighted by Gasteiger charge is -2.27. The third-order valence-corrected chi connectivity index (χ3v) is 8.26. The predicted molar refractivity (Wildman–Crippen MR) is 133 cm³/mol. The second-order valence-electron chi connectivity index (χ2n) is 8.70. The summed E-state index contributed by atoms with van der Waals surface area (Å²) in [6, 6.07) is 14.8. The zero-order chi connectivity index (χ0) is 23.9. The van der Waals surface area contributed by atoms with Gasteiger partial charge in [0, 0.05) is 33.0 Å². The first-order valence-electron chi connectivity index (χ1n) is 11.2. The summed E-state index contributed by atoms with van der Waals surface area (Å²) in [6.45, 7) is 7.18. The summed E-state index contributed by atoms with van der Waals surface area (Å²) in [5.74, 6) is 1.27. The Balaban J connectivity index is 0.00000180. The maximum atomic E-state index is 12.4. The van der Waals surface area contributed by atoms with Crippen molar-refractivity contribution in [2.24, 2.45) is 0 Å². The molecule has 0 amide bonds. The van der Waals surface area contributed by atoms with Crippen LogP contribution in [0.2, 0.25) is 0 Å². The minimum atomic E-state index is -3.34. The molecule has 8 nitrogen and oxygen atoms in total. The highest BCUT2D eigenvalue weighted by atomic mass is 32.2. The first kappa shape index (κ1) is 22.4. The molecule has 1 N–H and O–H groups in total. The Morgan fingerprint density at radius 2 is 1.62 bits per heavy atom. The zero-order valence-corrected chi connectivity index (χ0v) is 20.0. The van der Waals surface area contributed by atoms with E-state index in [2.05, 4.69) is 37.6 Å². The van der Waals surface area contributed by atoms with Crippen LogP contribution in [0.1, 0.15) is 33.9 Å². The Bertz CT molecular complexity index is 1440. The molecule has 0 radical (unpaired) electrons. The second kappa shape index (κ2) is 8.73. The molecular weight excluding hydrogens is 450 g/mol. The van der Waals surface area contributed by atoms with Gasteiger partial charge in [0.25, 0.3) is 5.89 Å². The number of aromatic nitrogens is 4. The average molecular weight is 480 g/mol. The van der Waals surface area contributed by atoms with Gasteiger partial charge in [0.1, 0.15) is 5.69 Å². The quantitative estimate of drug-likeness (QED) is 0.429. The van der Waals surface area contributed by atoms with Crippen LogP contribution in [0.4, 0.5) is 0 Å². The SMILES string of the molecule is Cc1ncc(-c2ccc(S(=O)(=O)C(C)C)cc2)nc1-c1nnc(-c2ccc(C3CNC3)cc2)o1.[HH].[HH]. The molecule has 178 valence electrons. The van der Waals surface area contributed by atoms with Gasteiger partial charge in [-0.3, -0.25) is 4.98 Å². The number of nitrogens with one attached hydrogen (secondary N) is 1. The first-order chi connectivity index (χ1) is 16.3. The molecule has 9 heteroatoms. The topological polar surface area (TPSA) is 111 Å². The highest BCUT2D eigenvalue weighted by Gasteiger charge is 2.21. The summed E-state index contributed by atoms with van der Waals surface area (Å²) in [5.41, 5.74) is 4.63. The van der Waals surface area contributed by atoms with E-state index in [0.717, 1.165) is 24.2 Å². The van der Waals surface area contributed by atoms with Crippen LogP contribution in [0.3, 0.4) is 0 Å². The number of rotatable bonds is 6. The maximum Gasteiger partial charge on any atom is 0.268 e. The van der Waals surface area contributed by atoms with Crippen molar-refractivity contribution in [2.45, 2.75) is 36.8 Å². The van der Waals surface area contributed by atoms with Crippen molar-refractivity contribution in [3.63, 3.8) is 0 Å². The van der Waals surface area contributed by atoms with E-state index in [0.29, 0.717) is 28.9 Å². The van der Waals surface area contributed by atoms with Gasteiger partial charge in [-0.05, 0) is 50.6 Å². The molecule has 1 aliphatic rings. The van der Waals surface area contributed by atoms with Gasteiger partial charge in [-0.25, -0.2) is 13.4 Å². The van der Waals surface area contributed by atoms with Crippen LogP contribution < -0.4 is 5.32 Å². The standard InChI is InChI=1S/C25H25N5O3S.2H2/c1-15(2)34(31,32)21-10-8-18(9-11-21)22-14-27-16(3)23(28-22)25-30-29-24(33-25)19-6-4-17(5-7-19)20-12-26-13-20;;/h4-11,14-15,20,26H,12-13H2,1-3H3;2*1H. The monoisotopic (exact) mass is 479 g/mol. The van der Waals surface area contributed by atoms with E-state index in [1.54, 1.807) is 44.3 Å². The van der Waals surface area contributed by atoms with Crippen molar-refractivity contribution in [2.75, 3.05) is 13.1 Å². The van der Waals surface area contributed by atoms with Gasteiger partial charge in [0.05, 0.1) is 27.7 Å². The first-order valence-corrected chi connectivity index (χ1v) is 12.7. The van der Waals surface area contributed by atoms with Crippen LogP contribution in [0.5, 0.6) is 0 Å². The number of hydrogen-bond donors (Lipinski definition) is 1. The van der Waals surface area contributed by atoms with E-state index in [1.165, 1.54) is 5.56 Å². The molecule has 1 fully saturated rings. The summed E-state index contributed by atoms with van der Waals surface area (Å²) in [6.07, 6.45) is 1.65. The summed E-state index contributed by atoms with van der Waals surface area (Å²) < 4.78 is 30.7. The van der Waals surface area contributed by atoms with Crippen molar-refractivity contribution in [1.82, 2.24) is 25.5 Å². The van der Waals surface area contributed by atoms with Crippen LogP contribution in [0.15, 0.2) is 64.0 Å². The Kier molecular flexibility index (Phi) is 5.75. The zero-order valence-electron chi connectivity index (χ0n) is 19.2. The Hall–Kier alpha value is -3.43. The predicted octanol–water partition coefficient (Wildman–Crippen LogP) is 4.53. The molecule has 4 aromatic rings. The van der Waals surface area contributed by atoms with Crippen LogP contribution in [0.25, 0.3) is 34.3 Å². The molecule has 0 spiro atoms. The largest absolute Gasteiger partial charge is 0.415 e. The summed E-state index contributed by atoms with van der Waals surface area (Å²) in [7, 11) is -3.34. The Morgan fingerprint density at radius 3 is 2.24 bits per heavy atom. The molecular formula is C25H29N5O3S. The number of aryl methyl sites for hydroxylation is 1. The molecule has 2 aromatic heterocycles. The molecule has 5 rings (SSSR count). The van der Waals surface area contributed by atoms with E-state index in [4.69, 9.17) is 4.42 Å². The average Bonchev–Trinajstić information content (AvgIpc) is 3.29.